The van der Waals surface area contributed by atoms with Gasteiger partial charge in [-0.15, -0.1) is 0 Å². The van der Waals surface area contributed by atoms with Crippen molar-refractivity contribution in [3.05, 3.63) is 70.1 Å². The van der Waals surface area contributed by atoms with Gasteiger partial charge >= 0.3 is 6.18 Å². The third-order valence-electron chi connectivity index (χ3n) is 3.60. The summed E-state index contributed by atoms with van der Waals surface area (Å²) >= 11 is 6.18. The quantitative estimate of drug-likeness (QED) is 0.421. The lowest BCUT2D eigenvalue weighted by Crippen LogP contribution is -2.27. The Bertz CT molecular complexity index is 921. The van der Waals surface area contributed by atoms with E-state index in [1.54, 1.807) is 30.3 Å². The van der Waals surface area contributed by atoms with Crippen LogP contribution in [0.25, 0.3) is 6.08 Å². The zero-order valence-corrected chi connectivity index (χ0v) is 14.6. The summed E-state index contributed by atoms with van der Waals surface area (Å²) in [6.45, 7) is 0. The zero-order chi connectivity index (χ0) is 18.9. The number of alkyl halides is 3. The molecule has 8 heteroatoms. The maximum absolute atomic E-state index is 12.9. The molecule has 1 aliphatic rings. The second-order valence-corrected chi connectivity index (χ2v) is 7.03. The second-order valence-electron chi connectivity index (χ2n) is 5.35. The molecular formula is C18H10F3NO2S2. The number of nitrogens with zero attached hydrogens (tertiary/aromatic N) is 1. The highest BCUT2D eigenvalue weighted by Crippen LogP contribution is 2.38. The molecule has 0 spiro atoms. The van der Waals surface area contributed by atoms with Gasteiger partial charge in [0.05, 0.1) is 16.2 Å². The first kappa shape index (κ1) is 18.3. The molecule has 0 N–H and O–H groups in total. The molecule has 26 heavy (non-hydrogen) atoms. The summed E-state index contributed by atoms with van der Waals surface area (Å²) in [5, 5.41) is 0. The molecule has 132 valence electrons. The minimum Gasteiger partial charge on any atom is -0.298 e. The standard InChI is InChI=1S/C18H10F3NO2S2/c19-18(20,21)13-2-1-3-14(9-13)22-16(24)15(26-17(22)25)8-11-4-6-12(10-23)7-5-11/h1-10H. The van der Waals surface area contributed by atoms with Gasteiger partial charge in [-0.2, -0.15) is 13.2 Å². The van der Waals surface area contributed by atoms with Crippen LogP contribution < -0.4 is 4.90 Å². The fraction of sp³-hybridized carbons (Fsp3) is 0.0556. The number of carbonyl (C=O) groups is 2. The van der Waals surface area contributed by atoms with E-state index in [-0.39, 0.29) is 10.0 Å². The van der Waals surface area contributed by atoms with Crippen molar-refractivity contribution < 1.29 is 22.8 Å². The lowest BCUT2D eigenvalue weighted by molar-refractivity contribution is -0.137. The molecule has 2 aromatic rings. The number of halogens is 3. The lowest BCUT2D eigenvalue weighted by Gasteiger charge is -2.16. The van der Waals surface area contributed by atoms with Gasteiger partial charge in [-0.1, -0.05) is 54.3 Å². The van der Waals surface area contributed by atoms with E-state index < -0.39 is 17.6 Å². The summed E-state index contributed by atoms with van der Waals surface area (Å²) < 4.78 is 38.8. The van der Waals surface area contributed by atoms with Crippen molar-refractivity contribution in [1.82, 2.24) is 0 Å². The van der Waals surface area contributed by atoms with Crippen LogP contribution in [0.5, 0.6) is 0 Å². The topological polar surface area (TPSA) is 37.4 Å². The number of hydrogen-bond acceptors (Lipinski definition) is 4. The summed E-state index contributed by atoms with van der Waals surface area (Å²) in [7, 11) is 0. The number of anilines is 1. The van der Waals surface area contributed by atoms with Gasteiger partial charge in [-0.05, 0) is 29.8 Å². The first-order chi connectivity index (χ1) is 12.3. The van der Waals surface area contributed by atoms with Crippen molar-refractivity contribution >= 4 is 52.3 Å². The van der Waals surface area contributed by atoms with Crippen LogP contribution in [0.15, 0.2) is 53.4 Å². The molecule has 3 nitrogen and oxygen atoms in total. The lowest BCUT2D eigenvalue weighted by atomic mass is 10.1. The van der Waals surface area contributed by atoms with E-state index in [4.69, 9.17) is 12.2 Å². The predicted octanol–water partition coefficient (Wildman–Crippen LogP) is 4.92. The van der Waals surface area contributed by atoms with Crippen LogP contribution >= 0.6 is 24.0 Å². The zero-order valence-electron chi connectivity index (χ0n) is 13.0. The molecule has 1 heterocycles. The fourth-order valence-electron chi connectivity index (χ4n) is 2.33. The minimum absolute atomic E-state index is 0.0713. The van der Waals surface area contributed by atoms with Gasteiger partial charge in [0.1, 0.15) is 6.29 Å². The molecule has 0 unspecified atom stereocenters. The molecule has 1 amide bonds. The number of rotatable bonds is 3. The van der Waals surface area contributed by atoms with Crippen LogP contribution in [-0.2, 0) is 11.0 Å². The van der Waals surface area contributed by atoms with Gasteiger partial charge in [0.25, 0.3) is 5.91 Å². The summed E-state index contributed by atoms with van der Waals surface area (Å²) in [5.74, 6) is -0.487. The van der Waals surface area contributed by atoms with Crippen LogP contribution in [0.1, 0.15) is 21.5 Å². The third kappa shape index (κ3) is 3.71. The molecule has 2 aromatic carbocycles. The smallest absolute Gasteiger partial charge is 0.298 e. The van der Waals surface area contributed by atoms with E-state index in [1.807, 2.05) is 0 Å². The molecule has 0 radical (unpaired) electrons. The van der Waals surface area contributed by atoms with Crippen LogP contribution in [0.4, 0.5) is 18.9 Å². The summed E-state index contributed by atoms with van der Waals surface area (Å²) in [6.07, 6.45) is -2.22. The Balaban J connectivity index is 1.91. The van der Waals surface area contributed by atoms with Crippen LogP contribution in [-0.4, -0.2) is 16.5 Å². The Kier molecular flexibility index (Phi) is 4.97. The Morgan fingerprint density at radius 1 is 1.04 bits per heavy atom. The molecular weight excluding hydrogens is 383 g/mol. The number of amides is 1. The SMILES string of the molecule is O=Cc1ccc(C=C2SC(=S)N(c3cccc(C(F)(F)F)c3)C2=O)cc1. The second kappa shape index (κ2) is 7.05. The minimum atomic E-state index is -4.51. The average molecular weight is 393 g/mol. The van der Waals surface area contributed by atoms with E-state index in [9.17, 15) is 22.8 Å². The summed E-state index contributed by atoms with van der Waals surface area (Å²) in [6, 6.07) is 11.0. The molecule has 0 aromatic heterocycles. The van der Waals surface area contributed by atoms with E-state index in [1.165, 1.54) is 12.1 Å². The molecule has 0 aliphatic carbocycles. The maximum Gasteiger partial charge on any atom is 0.416 e. The van der Waals surface area contributed by atoms with Gasteiger partial charge in [0.2, 0.25) is 0 Å². The van der Waals surface area contributed by atoms with Crippen LogP contribution in [0.2, 0.25) is 0 Å². The van der Waals surface area contributed by atoms with Crippen LogP contribution in [0, 0.1) is 0 Å². The average Bonchev–Trinajstić information content (AvgIpc) is 2.88. The molecule has 0 saturated carbocycles. The van der Waals surface area contributed by atoms with Gasteiger partial charge in [0, 0.05) is 5.56 Å². The van der Waals surface area contributed by atoms with Crippen molar-refractivity contribution in [2.24, 2.45) is 0 Å². The number of benzene rings is 2. The first-order valence-electron chi connectivity index (χ1n) is 7.30. The van der Waals surface area contributed by atoms with Crippen molar-refractivity contribution in [3.63, 3.8) is 0 Å². The van der Waals surface area contributed by atoms with E-state index in [2.05, 4.69) is 0 Å². The van der Waals surface area contributed by atoms with Gasteiger partial charge in [-0.25, -0.2) is 0 Å². The highest BCUT2D eigenvalue weighted by Gasteiger charge is 2.36. The molecule has 0 atom stereocenters. The summed E-state index contributed by atoms with van der Waals surface area (Å²) in [5.41, 5.74) is 0.401. The van der Waals surface area contributed by atoms with Crippen molar-refractivity contribution in [2.75, 3.05) is 4.90 Å². The number of thioether (sulfide) groups is 1. The molecule has 1 saturated heterocycles. The van der Waals surface area contributed by atoms with E-state index >= 15 is 0 Å². The van der Waals surface area contributed by atoms with E-state index in [0.717, 1.165) is 28.8 Å². The molecule has 0 bridgehead atoms. The van der Waals surface area contributed by atoms with E-state index in [0.29, 0.717) is 22.3 Å². The summed E-state index contributed by atoms with van der Waals surface area (Å²) in [4.78, 5) is 24.7. The fourth-order valence-corrected chi connectivity index (χ4v) is 3.63. The normalized spacial score (nSPS) is 16.4. The monoisotopic (exact) mass is 393 g/mol. The maximum atomic E-state index is 12.9. The Labute approximate surface area is 156 Å². The number of carbonyl (C=O) groups excluding carboxylic acids is 2. The number of aldehydes is 1. The Morgan fingerprint density at radius 3 is 2.31 bits per heavy atom. The highest BCUT2D eigenvalue weighted by molar-refractivity contribution is 8.27. The third-order valence-corrected chi connectivity index (χ3v) is 4.90. The van der Waals surface area contributed by atoms with Gasteiger partial charge < -0.3 is 0 Å². The number of hydrogen-bond donors (Lipinski definition) is 0. The molecule has 3 rings (SSSR count). The Hall–Kier alpha value is -2.45. The molecule has 1 fully saturated rings. The number of thiocarbonyl (C=S) groups is 1. The first-order valence-corrected chi connectivity index (χ1v) is 8.52. The van der Waals surface area contributed by atoms with Crippen molar-refractivity contribution in [1.29, 1.82) is 0 Å². The molecule has 1 aliphatic heterocycles. The largest absolute Gasteiger partial charge is 0.416 e. The van der Waals surface area contributed by atoms with Crippen molar-refractivity contribution in [3.8, 4) is 0 Å². The highest BCUT2D eigenvalue weighted by atomic mass is 32.2. The van der Waals surface area contributed by atoms with Gasteiger partial charge in [-0.3, -0.25) is 14.5 Å². The van der Waals surface area contributed by atoms with Crippen molar-refractivity contribution in [2.45, 2.75) is 6.18 Å². The predicted molar refractivity (Wildman–Crippen MR) is 98.9 cm³/mol. The Morgan fingerprint density at radius 2 is 1.69 bits per heavy atom. The van der Waals surface area contributed by atoms with Gasteiger partial charge in [0.15, 0.2) is 4.32 Å². The van der Waals surface area contributed by atoms with Crippen LogP contribution in [0.3, 0.4) is 0 Å².